The highest BCUT2D eigenvalue weighted by atomic mass is 16.6. The molecule has 0 bridgehead atoms. The molecular formula is C11H12O4. The number of benzene rings is 1. The number of hydrogen-bond donors (Lipinski definition) is 1. The minimum atomic E-state index is -0.349. The van der Waals surface area contributed by atoms with E-state index in [2.05, 4.69) is 0 Å². The van der Waals surface area contributed by atoms with E-state index in [4.69, 9.17) is 14.6 Å². The van der Waals surface area contributed by atoms with Crippen molar-refractivity contribution in [3.8, 4) is 11.5 Å². The molecule has 1 aliphatic heterocycles. The Hall–Kier alpha value is -1.55. The second-order valence-corrected chi connectivity index (χ2v) is 3.46. The van der Waals surface area contributed by atoms with Crippen LogP contribution < -0.4 is 9.47 Å². The van der Waals surface area contributed by atoms with Crippen LogP contribution in [-0.4, -0.2) is 30.7 Å². The highest BCUT2D eigenvalue weighted by Gasteiger charge is 2.22. The third-order valence-electron chi connectivity index (χ3n) is 2.45. The van der Waals surface area contributed by atoms with Crippen LogP contribution in [-0.2, 0) is 0 Å². The Morgan fingerprint density at radius 2 is 2.40 bits per heavy atom. The normalized spacial score (nSPS) is 18.7. The fourth-order valence-electron chi connectivity index (χ4n) is 1.54. The Bertz CT molecular complexity index is 386. The van der Waals surface area contributed by atoms with Gasteiger partial charge in [0.15, 0.2) is 17.6 Å². The maximum Gasteiger partial charge on any atom is 0.165 e. The van der Waals surface area contributed by atoms with Crippen LogP contribution in [0.15, 0.2) is 12.1 Å². The van der Waals surface area contributed by atoms with E-state index in [1.807, 2.05) is 0 Å². The van der Waals surface area contributed by atoms with Gasteiger partial charge in [-0.1, -0.05) is 0 Å². The predicted molar refractivity (Wildman–Crippen MR) is 53.6 cm³/mol. The maximum absolute atomic E-state index is 10.7. The summed E-state index contributed by atoms with van der Waals surface area (Å²) in [7, 11) is 0. The van der Waals surface area contributed by atoms with Crippen molar-refractivity contribution in [1.29, 1.82) is 0 Å². The van der Waals surface area contributed by atoms with Crippen LogP contribution in [0.5, 0.6) is 11.5 Å². The van der Waals surface area contributed by atoms with Gasteiger partial charge in [-0.05, 0) is 19.1 Å². The highest BCUT2D eigenvalue weighted by Crippen LogP contribution is 2.36. The third kappa shape index (κ3) is 1.68. The van der Waals surface area contributed by atoms with Gasteiger partial charge in [0.1, 0.15) is 12.9 Å². The molecule has 0 unspecified atom stereocenters. The summed E-state index contributed by atoms with van der Waals surface area (Å²) in [4.78, 5) is 10.7. The molecule has 0 spiro atoms. The van der Waals surface area contributed by atoms with Crippen LogP contribution in [0.2, 0.25) is 0 Å². The Labute approximate surface area is 87.4 Å². The van der Waals surface area contributed by atoms with E-state index in [0.717, 1.165) is 11.8 Å². The van der Waals surface area contributed by atoms with Gasteiger partial charge in [0.2, 0.25) is 0 Å². The predicted octanol–water partition coefficient (Wildman–Crippen LogP) is 0.940. The van der Waals surface area contributed by atoms with Crippen LogP contribution >= 0.6 is 0 Å². The summed E-state index contributed by atoms with van der Waals surface area (Å²) in [6, 6.07) is 3.41. The van der Waals surface area contributed by atoms with Gasteiger partial charge >= 0.3 is 0 Å². The molecule has 15 heavy (non-hydrogen) atoms. The van der Waals surface area contributed by atoms with Crippen molar-refractivity contribution >= 4 is 6.29 Å². The number of aldehydes is 1. The number of aliphatic hydroxyl groups is 1. The minimum Gasteiger partial charge on any atom is -0.486 e. The van der Waals surface area contributed by atoms with Gasteiger partial charge in [-0.15, -0.1) is 0 Å². The summed E-state index contributed by atoms with van der Waals surface area (Å²) >= 11 is 0. The number of ether oxygens (including phenoxy) is 2. The van der Waals surface area contributed by atoms with Gasteiger partial charge in [0, 0.05) is 11.1 Å². The van der Waals surface area contributed by atoms with Gasteiger partial charge in [-0.2, -0.15) is 0 Å². The van der Waals surface area contributed by atoms with Crippen molar-refractivity contribution in [2.75, 3.05) is 13.2 Å². The summed E-state index contributed by atoms with van der Waals surface area (Å²) in [5.74, 6) is 1.19. The molecular weight excluding hydrogens is 196 g/mol. The summed E-state index contributed by atoms with van der Waals surface area (Å²) < 4.78 is 10.9. The fourth-order valence-corrected chi connectivity index (χ4v) is 1.54. The lowest BCUT2D eigenvalue weighted by Gasteiger charge is -2.26. The Kier molecular flexibility index (Phi) is 2.60. The topological polar surface area (TPSA) is 55.8 Å². The average Bonchev–Trinajstić information content (AvgIpc) is 2.29. The standard InChI is InChI=1S/C11H12O4/c1-7-8(4-12)2-3-10-11(7)15-9(5-13)6-14-10/h2-4,9,13H,5-6H2,1H3/t9-/m0/s1. The van der Waals surface area contributed by atoms with Crippen molar-refractivity contribution in [3.05, 3.63) is 23.3 Å². The van der Waals surface area contributed by atoms with Crippen molar-refractivity contribution in [1.82, 2.24) is 0 Å². The van der Waals surface area contributed by atoms with E-state index >= 15 is 0 Å². The lowest BCUT2D eigenvalue weighted by Crippen LogP contribution is -2.32. The van der Waals surface area contributed by atoms with E-state index in [1.165, 1.54) is 0 Å². The van der Waals surface area contributed by atoms with Gasteiger partial charge < -0.3 is 14.6 Å². The molecule has 0 amide bonds. The van der Waals surface area contributed by atoms with Crippen molar-refractivity contribution in [3.63, 3.8) is 0 Å². The first-order valence-electron chi connectivity index (χ1n) is 4.75. The zero-order chi connectivity index (χ0) is 10.8. The van der Waals surface area contributed by atoms with E-state index in [0.29, 0.717) is 23.7 Å². The first-order chi connectivity index (χ1) is 7.26. The molecule has 0 saturated carbocycles. The molecule has 4 nitrogen and oxygen atoms in total. The lowest BCUT2D eigenvalue weighted by atomic mass is 10.1. The maximum atomic E-state index is 10.7. The minimum absolute atomic E-state index is 0.0931. The molecule has 1 aliphatic rings. The van der Waals surface area contributed by atoms with Crippen LogP contribution in [0.3, 0.4) is 0 Å². The zero-order valence-corrected chi connectivity index (χ0v) is 8.40. The number of fused-ring (bicyclic) bond motifs is 1. The smallest absolute Gasteiger partial charge is 0.165 e. The van der Waals surface area contributed by atoms with Crippen LogP contribution in [0.25, 0.3) is 0 Å². The van der Waals surface area contributed by atoms with E-state index in [9.17, 15) is 4.79 Å². The number of carbonyl (C=O) groups excluding carboxylic acids is 1. The second-order valence-electron chi connectivity index (χ2n) is 3.46. The number of carbonyl (C=O) groups is 1. The molecule has 0 radical (unpaired) electrons. The molecule has 4 heteroatoms. The van der Waals surface area contributed by atoms with Crippen LogP contribution in [0, 0.1) is 6.92 Å². The third-order valence-corrected chi connectivity index (χ3v) is 2.45. The molecule has 1 aromatic rings. The molecule has 1 N–H and O–H groups in total. The molecule has 0 aliphatic carbocycles. The highest BCUT2D eigenvalue weighted by molar-refractivity contribution is 5.79. The monoisotopic (exact) mass is 208 g/mol. The van der Waals surface area contributed by atoms with Crippen molar-refractivity contribution < 1.29 is 19.4 Å². The van der Waals surface area contributed by atoms with Gasteiger partial charge in [-0.3, -0.25) is 4.79 Å². The van der Waals surface area contributed by atoms with E-state index < -0.39 is 0 Å². The molecule has 0 fully saturated rings. The first kappa shape index (κ1) is 9.98. The molecule has 1 aromatic carbocycles. The van der Waals surface area contributed by atoms with E-state index in [-0.39, 0.29) is 12.7 Å². The van der Waals surface area contributed by atoms with Gasteiger partial charge in [0.25, 0.3) is 0 Å². The summed E-state index contributed by atoms with van der Waals surface area (Å²) in [5.41, 5.74) is 1.33. The molecule has 80 valence electrons. The Morgan fingerprint density at radius 3 is 3.07 bits per heavy atom. The summed E-state index contributed by atoms with van der Waals surface area (Å²) in [5, 5.41) is 8.96. The second kappa shape index (κ2) is 3.90. The van der Waals surface area contributed by atoms with Crippen molar-refractivity contribution in [2.24, 2.45) is 0 Å². The Morgan fingerprint density at radius 1 is 1.60 bits per heavy atom. The van der Waals surface area contributed by atoms with Crippen LogP contribution in [0.4, 0.5) is 0 Å². The van der Waals surface area contributed by atoms with Gasteiger partial charge in [-0.25, -0.2) is 0 Å². The zero-order valence-electron chi connectivity index (χ0n) is 8.40. The molecule has 1 heterocycles. The average molecular weight is 208 g/mol. The first-order valence-corrected chi connectivity index (χ1v) is 4.75. The van der Waals surface area contributed by atoms with Gasteiger partial charge in [0.05, 0.1) is 6.61 Å². The SMILES string of the molecule is Cc1c(C=O)ccc2c1O[C@@H](CO)CO2. The largest absolute Gasteiger partial charge is 0.486 e. The number of aliphatic hydroxyl groups excluding tert-OH is 1. The summed E-state index contributed by atoms with van der Waals surface area (Å²) in [6.45, 7) is 2.04. The van der Waals surface area contributed by atoms with Crippen LogP contribution in [0.1, 0.15) is 15.9 Å². The quantitative estimate of drug-likeness (QED) is 0.735. The Balaban J connectivity index is 2.41. The molecule has 2 rings (SSSR count). The summed E-state index contributed by atoms with van der Waals surface area (Å²) in [6.07, 6.45) is 0.430. The van der Waals surface area contributed by atoms with E-state index in [1.54, 1.807) is 19.1 Å². The number of hydrogen-bond acceptors (Lipinski definition) is 4. The number of rotatable bonds is 2. The molecule has 0 aromatic heterocycles. The fraction of sp³-hybridized carbons (Fsp3) is 0.364. The molecule has 1 atom stereocenters. The van der Waals surface area contributed by atoms with Crippen molar-refractivity contribution in [2.45, 2.75) is 13.0 Å². The molecule has 0 saturated heterocycles. The lowest BCUT2D eigenvalue weighted by molar-refractivity contribution is 0.0449.